The van der Waals surface area contributed by atoms with Crippen LogP contribution in [0.3, 0.4) is 0 Å². The first-order chi connectivity index (χ1) is 16.4. The van der Waals surface area contributed by atoms with E-state index in [1.165, 1.54) is 11.0 Å². The number of nitrogens with one attached hydrogen (secondary N) is 1. The summed E-state index contributed by atoms with van der Waals surface area (Å²) in [5, 5.41) is 2.88. The lowest BCUT2D eigenvalue weighted by molar-refractivity contribution is -0.140. The van der Waals surface area contributed by atoms with Gasteiger partial charge in [0.2, 0.25) is 5.91 Å². The number of carbonyl (C=O) groups excluding carboxylic acids is 3. The lowest BCUT2D eigenvalue weighted by Gasteiger charge is -2.34. The van der Waals surface area contributed by atoms with Gasteiger partial charge in [-0.1, -0.05) is 43.7 Å². The SMILES string of the molecule is CCCCNC(=O)c1ccc(CN2C(=O)CC(c3ccccc3F)C(C(=O)OCC)=C2C)cc1. The van der Waals surface area contributed by atoms with Crippen molar-refractivity contribution in [3.8, 4) is 0 Å². The number of hydrogen-bond acceptors (Lipinski definition) is 4. The third kappa shape index (κ3) is 5.71. The van der Waals surface area contributed by atoms with Gasteiger partial charge in [0.15, 0.2) is 0 Å². The van der Waals surface area contributed by atoms with Crippen LogP contribution in [-0.2, 0) is 20.9 Å². The number of hydrogen-bond donors (Lipinski definition) is 1. The summed E-state index contributed by atoms with van der Waals surface area (Å²) in [4.78, 5) is 39.7. The largest absolute Gasteiger partial charge is 0.463 e. The Kier molecular flexibility index (Phi) is 8.57. The van der Waals surface area contributed by atoms with Crippen molar-refractivity contribution in [2.75, 3.05) is 13.2 Å². The van der Waals surface area contributed by atoms with E-state index in [4.69, 9.17) is 4.74 Å². The molecule has 1 atom stereocenters. The smallest absolute Gasteiger partial charge is 0.336 e. The quantitative estimate of drug-likeness (QED) is 0.429. The second kappa shape index (κ2) is 11.6. The fourth-order valence-electron chi connectivity index (χ4n) is 4.13. The summed E-state index contributed by atoms with van der Waals surface area (Å²) in [6, 6.07) is 13.2. The number of halogens is 1. The Balaban J connectivity index is 1.87. The highest BCUT2D eigenvalue weighted by Gasteiger charge is 2.37. The van der Waals surface area contributed by atoms with Gasteiger partial charge in [-0.2, -0.15) is 0 Å². The minimum absolute atomic E-state index is 0.0374. The third-order valence-electron chi connectivity index (χ3n) is 5.97. The highest BCUT2D eigenvalue weighted by Crippen LogP contribution is 2.38. The molecule has 0 fully saturated rings. The van der Waals surface area contributed by atoms with Crippen molar-refractivity contribution < 1.29 is 23.5 Å². The van der Waals surface area contributed by atoms with Crippen molar-refractivity contribution >= 4 is 17.8 Å². The van der Waals surface area contributed by atoms with E-state index in [2.05, 4.69) is 12.2 Å². The maximum absolute atomic E-state index is 14.6. The van der Waals surface area contributed by atoms with E-state index >= 15 is 0 Å². The molecule has 2 aromatic carbocycles. The van der Waals surface area contributed by atoms with Crippen molar-refractivity contribution in [3.05, 3.63) is 82.3 Å². The van der Waals surface area contributed by atoms with Crippen LogP contribution in [-0.4, -0.2) is 35.8 Å². The Bertz CT molecular complexity index is 1080. The minimum Gasteiger partial charge on any atom is -0.463 e. The number of amides is 2. The number of esters is 1. The first-order valence-corrected chi connectivity index (χ1v) is 11.7. The number of rotatable bonds is 9. The number of carbonyl (C=O) groups is 3. The number of benzene rings is 2. The zero-order chi connectivity index (χ0) is 24.7. The Morgan fingerprint density at radius 2 is 1.82 bits per heavy atom. The van der Waals surface area contributed by atoms with Gasteiger partial charge in [-0.3, -0.25) is 9.59 Å². The molecule has 34 heavy (non-hydrogen) atoms. The van der Waals surface area contributed by atoms with Crippen LogP contribution in [0.25, 0.3) is 0 Å². The van der Waals surface area contributed by atoms with E-state index in [1.807, 2.05) is 0 Å². The van der Waals surface area contributed by atoms with Gasteiger partial charge < -0.3 is 15.0 Å². The van der Waals surface area contributed by atoms with Crippen LogP contribution in [0.1, 0.15) is 67.4 Å². The van der Waals surface area contributed by atoms with Gasteiger partial charge in [0, 0.05) is 30.1 Å². The van der Waals surface area contributed by atoms with Gasteiger partial charge in [0.1, 0.15) is 5.82 Å². The summed E-state index contributed by atoms with van der Waals surface area (Å²) >= 11 is 0. The minimum atomic E-state index is -0.710. The highest BCUT2D eigenvalue weighted by atomic mass is 19.1. The van der Waals surface area contributed by atoms with Crippen molar-refractivity contribution in [2.24, 2.45) is 0 Å². The zero-order valence-corrected chi connectivity index (χ0v) is 19.9. The molecule has 0 bridgehead atoms. The van der Waals surface area contributed by atoms with E-state index in [-0.39, 0.29) is 31.4 Å². The van der Waals surface area contributed by atoms with Crippen LogP contribution >= 0.6 is 0 Å². The molecule has 2 aromatic rings. The molecule has 6 nitrogen and oxygen atoms in total. The van der Waals surface area contributed by atoms with E-state index in [0.29, 0.717) is 28.9 Å². The average Bonchev–Trinajstić information content (AvgIpc) is 2.82. The third-order valence-corrected chi connectivity index (χ3v) is 5.97. The van der Waals surface area contributed by atoms with Crippen LogP contribution in [0, 0.1) is 5.82 Å². The normalized spacial score (nSPS) is 15.9. The van der Waals surface area contributed by atoms with Gasteiger partial charge in [-0.05, 0) is 49.6 Å². The molecule has 0 saturated heterocycles. The number of allylic oxidation sites excluding steroid dienone is 1. The highest BCUT2D eigenvalue weighted by molar-refractivity contribution is 5.96. The Morgan fingerprint density at radius 1 is 1.12 bits per heavy atom. The number of ether oxygens (including phenoxy) is 1. The monoisotopic (exact) mass is 466 g/mol. The van der Waals surface area contributed by atoms with E-state index < -0.39 is 17.7 Å². The molecule has 1 heterocycles. The van der Waals surface area contributed by atoms with Gasteiger partial charge >= 0.3 is 5.97 Å². The van der Waals surface area contributed by atoms with Crippen molar-refractivity contribution in [2.45, 2.75) is 52.5 Å². The fraction of sp³-hybridized carbons (Fsp3) is 0.370. The molecule has 7 heteroatoms. The molecule has 0 saturated carbocycles. The Labute approximate surface area is 199 Å². The van der Waals surface area contributed by atoms with Crippen molar-refractivity contribution in [1.29, 1.82) is 0 Å². The summed E-state index contributed by atoms with van der Waals surface area (Å²) in [7, 11) is 0. The molecule has 180 valence electrons. The van der Waals surface area contributed by atoms with Crippen LogP contribution in [0.2, 0.25) is 0 Å². The van der Waals surface area contributed by atoms with E-state index in [1.54, 1.807) is 56.3 Å². The van der Waals surface area contributed by atoms with Gasteiger partial charge in [-0.25, -0.2) is 9.18 Å². The lowest BCUT2D eigenvalue weighted by Crippen LogP contribution is -2.38. The molecule has 2 amide bonds. The molecule has 0 aliphatic carbocycles. The topological polar surface area (TPSA) is 75.7 Å². The summed E-state index contributed by atoms with van der Waals surface area (Å²) in [5.74, 6) is -2.07. The number of nitrogens with zero attached hydrogens (tertiary/aromatic N) is 1. The number of unbranched alkanes of at least 4 members (excludes halogenated alkanes) is 1. The molecule has 1 unspecified atom stereocenters. The lowest BCUT2D eigenvalue weighted by atomic mass is 9.83. The molecule has 0 spiro atoms. The standard InChI is InChI=1S/C27H31FN2O4/c1-4-6-15-29-26(32)20-13-11-19(12-14-20)17-30-18(3)25(27(33)34-5-2)22(16-24(30)31)21-9-7-8-10-23(21)28/h7-14,22H,4-6,15-17H2,1-3H3,(H,29,32). The molecule has 0 aromatic heterocycles. The zero-order valence-electron chi connectivity index (χ0n) is 19.9. The second-order valence-electron chi connectivity index (χ2n) is 8.28. The molecule has 0 radical (unpaired) electrons. The van der Waals surface area contributed by atoms with Crippen molar-refractivity contribution in [1.82, 2.24) is 10.2 Å². The van der Waals surface area contributed by atoms with Crippen molar-refractivity contribution in [3.63, 3.8) is 0 Å². The van der Waals surface area contributed by atoms with E-state index in [9.17, 15) is 18.8 Å². The average molecular weight is 467 g/mol. The summed E-state index contributed by atoms with van der Waals surface area (Å²) in [5.41, 5.74) is 2.40. The first kappa shape index (κ1) is 25.1. The predicted molar refractivity (Wildman–Crippen MR) is 127 cm³/mol. The van der Waals surface area contributed by atoms with Crippen LogP contribution in [0.15, 0.2) is 59.8 Å². The fourth-order valence-corrected chi connectivity index (χ4v) is 4.13. The van der Waals surface area contributed by atoms with Gasteiger partial charge in [0.25, 0.3) is 5.91 Å². The van der Waals surface area contributed by atoms with Gasteiger partial charge in [0.05, 0.1) is 18.7 Å². The molecular weight excluding hydrogens is 435 g/mol. The first-order valence-electron chi connectivity index (χ1n) is 11.7. The van der Waals surface area contributed by atoms with Crippen LogP contribution < -0.4 is 5.32 Å². The maximum atomic E-state index is 14.6. The molecule has 1 aliphatic rings. The summed E-state index contributed by atoms with van der Waals surface area (Å²) in [6.45, 7) is 6.49. The molecule has 3 rings (SSSR count). The second-order valence-corrected chi connectivity index (χ2v) is 8.28. The molecular formula is C27H31FN2O4. The van der Waals surface area contributed by atoms with Crippen LogP contribution in [0.5, 0.6) is 0 Å². The molecule has 1 N–H and O–H groups in total. The Hall–Kier alpha value is -3.48. The predicted octanol–water partition coefficient (Wildman–Crippen LogP) is 4.71. The van der Waals surface area contributed by atoms with Gasteiger partial charge in [-0.15, -0.1) is 0 Å². The Morgan fingerprint density at radius 3 is 2.47 bits per heavy atom. The maximum Gasteiger partial charge on any atom is 0.336 e. The summed E-state index contributed by atoms with van der Waals surface area (Å²) in [6.07, 6.45) is 1.88. The summed E-state index contributed by atoms with van der Waals surface area (Å²) < 4.78 is 19.8. The molecule has 1 aliphatic heterocycles. The van der Waals surface area contributed by atoms with Crippen LogP contribution in [0.4, 0.5) is 4.39 Å². The van der Waals surface area contributed by atoms with E-state index in [0.717, 1.165) is 18.4 Å².